The van der Waals surface area contributed by atoms with Gasteiger partial charge >= 0.3 is 0 Å². The topological polar surface area (TPSA) is 51.8 Å². The molecule has 0 fully saturated rings. The van der Waals surface area contributed by atoms with Gasteiger partial charge in [-0.05, 0) is 24.3 Å². The van der Waals surface area contributed by atoms with Crippen LogP contribution in [0, 0.1) is 5.82 Å². The van der Waals surface area contributed by atoms with Crippen molar-refractivity contribution < 1.29 is 8.81 Å². The van der Waals surface area contributed by atoms with Crippen LogP contribution < -0.4 is 0 Å². The number of pyridine rings is 1. The summed E-state index contributed by atoms with van der Waals surface area (Å²) in [5.74, 6) is 0.434. The van der Waals surface area contributed by atoms with Crippen molar-refractivity contribution in [1.82, 2.24) is 15.2 Å². The number of halogens is 1. The van der Waals surface area contributed by atoms with Gasteiger partial charge in [0.15, 0.2) is 0 Å². The zero-order chi connectivity index (χ0) is 13.8. The highest BCUT2D eigenvalue weighted by molar-refractivity contribution is 7.98. The van der Waals surface area contributed by atoms with Crippen LogP contribution in [0.1, 0.15) is 5.69 Å². The first-order chi connectivity index (χ1) is 9.83. The van der Waals surface area contributed by atoms with Crippen molar-refractivity contribution >= 4 is 11.8 Å². The number of benzene rings is 1. The number of thioether (sulfide) groups is 1. The molecule has 0 atom stereocenters. The van der Waals surface area contributed by atoms with Crippen molar-refractivity contribution in [1.29, 1.82) is 0 Å². The van der Waals surface area contributed by atoms with E-state index in [2.05, 4.69) is 15.2 Å². The Kier molecular flexibility index (Phi) is 3.73. The van der Waals surface area contributed by atoms with Gasteiger partial charge in [-0.25, -0.2) is 4.39 Å². The Morgan fingerprint density at radius 1 is 1.05 bits per heavy atom. The molecule has 0 bridgehead atoms. The van der Waals surface area contributed by atoms with E-state index in [-0.39, 0.29) is 11.7 Å². The summed E-state index contributed by atoms with van der Waals surface area (Å²) in [7, 11) is 0. The van der Waals surface area contributed by atoms with E-state index in [0.29, 0.717) is 16.5 Å². The van der Waals surface area contributed by atoms with Crippen LogP contribution in [-0.4, -0.2) is 15.2 Å². The van der Waals surface area contributed by atoms with Crippen LogP contribution in [0.3, 0.4) is 0 Å². The van der Waals surface area contributed by atoms with Crippen LogP contribution in [0.2, 0.25) is 0 Å². The second-order valence-corrected chi connectivity index (χ2v) is 4.89. The van der Waals surface area contributed by atoms with Crippen molar-refractivity contribution in [3.05, 3.63) is 60.2 Å². The second-order valence-electron chi connectivity index (χ2n) is 3.96. The average Bonchev–Trinajstić information content (AvgIpc) is 2.95. The van der Waals surface area contributed by atoms with Gasteiger partial charge in [0.2, 0.25) is 0 Å². The van der Waals surface area contributed by atoms with Gasteiger partial charge in [-0.15, -0.1) is 10.2 Å². The highest BCUT2D eigenvalue weighted by Crippen LogP contribution is 2.26. The number of nitrogens with zero attached hydrogens (tertiary/aromatic N) is 3. The lowest BCUT2D eigenvalue weighted by atomic mass is 10.2. The third-order valence-electron chi connectivity index (χ3n) is 2.58. The summed E-state index contributed by atoms with van der Waals surface area (Å²) in [5, 5.41) is 8.16. The zero-order valence-corrected chi connectivity index (χ0v) is 11.2. The van der Waals surface area contributed by atoms with E-state index in [4.69, 9.17) is 4.42 Å². The van der Waals surface area contributed by atoms with Gasteiger partial charge in [0.05, 0.1) is 11.3 Å². The summed E-state index contributed by atoms with van der Waals surface area (Å²) in [6.07, 6.45) is 1.73. The van der Waals surface area contributed by atoms with Crippen LogP contribution in [0.5, 0.6) is 0 Å². The lowest BCUT2D eigenvalue weighted by Crippen LogP contribution is -1.84. The molecule has 4 nitrogen and oxygen atoms in total. The number of rotatable bonds is 4. The Labute approximate surface area is 119 Å². The molecule has 100 valence electrons. The molecule has 2 heterocycles. The minimum Gasteiger partial charge on any atom is -0.411 e. The number of hydrogen-bond acceptors (Lipinski definition) is 5. The fourth-order valence-electron chi connectivity index (χ4n) is 1.63. The largest absolute Gasteiger partial charge is 0.411 e. The molecule has 0 aliphatic carbocycles. The molecule has 0 N–H and O–H groups in total. The summed E-state index contributed by atoms with van der Waals surface area (Å²) in [4.78, 5) is 4.20. The molecule has 3 aromatic rings. The van der Waals surface area contributed by atoms with Crippen LogP contribution >= 0.6 is 11.8 Å². The first kappa shape index (κ1) is 12.8. The molecule has 6 heteroatoms. The first-order valence-electron chi connectivity index (χ1n) is 5.94. The number of aromatic nitrogens is 3. The van der Waals surface area contributed by atoms with E-state index in [1.807, 2.05) is 18.2 Å². The molecule has 0 spiro atoms. The van der Waals surface area contributed by atoms with Crippen molar-refractivity contribution in [3.8, 4) is 11.5 Å². The van der Waals surface area contributed by atoms with Gasteiger partial charge in [-0.3, -0.25) is 4.98 Å². The van der Waals surface area contributed by atoms with Crippen LogP contribution in [0.15, 0.2) is 58.3 Å². The predicted molar refractivity (Wildman–Crippen MR) is 73.5 cm³/mol. The van der Waals surface area contributed by atoms with Gasteiger partial charge in [-0.1, -0.05) is 30.0 Å². The molecule has 1 aromatic carbocycles. The van der Waals surface area contributed by atoms with Gasteiger partial charge in [0.25, 0.3) is 11.1 Å². The molecule has 0 aliphatic heterocycles. The Hall–Kier alpha value is -2.21. The van der Waals surface area contributed by atoms with E-state index < -0.39 is 0 Å². The van der Waals surface area contributed by atoms with Crippen LogP contribution in [0.25, 0.3) is 11.5 Å². The van der Waals surface area contributed by atoms with Gasteiger partial charge < -0.3 is 4.42 Å². The monoisotopic (exact) mass is 287 g/mol. The molecule has 0 unspecified atom stereocenters. The lowest BCUT2D eigenvalue weighted by Gasteiger charge is -1.97. The van der Waals surface area contributed by atoms with Crippen molar-refractivity contribution in [3.63, 3.8) is 0 Å². The Morgan fingerprint density at radius 3 is 2.70 bits per heavy atom. The molecule has 0 aliphatic rings. The highest BCUT2D eigenvalue weighted by Gasteiger charge is 2.12. The van der Waals surface area contributed by atoms with Crippen molar-refractivity contribution in [2.45, 2.75) is 11.0 Å². The summed E-state index contributed by atoms with van der Waals surface area (Å²) in [6.45, 7) is 0. The molecular weight excluding hydrogens is 277 g/mol. The highest BCUT2D eigenvalue weighted by atomic mass is 32.2. The molecule has 3 rings (SSSR count). The van der Waals surface area contributed by atoms with Gasteiger partial charge in [-0.2, -0.15) is 0 Å². The molecule has 20 heavy (non-hydrogen) atoms. The standard InChI is InChI=1S/C14H10FN3OS/c15-12-7-2-1-6-11(12)13-17-18-14(19-13)20-9-10-5-3-4-8-16-10/h1-8H,9H2. The van der Waals surface area contributed by atoms with Crippen LogP contribution in [-0.2, 0) is 5.75 Å². The first-order valence-corrected chi connectivity index (χ1v) is 6.92. The fraction of sp³-hybridized carbons (Fsp3) is 0.0714. The summed E-state index contributed by atoms with van der Waals surface area (Å²) < 4.78 is 19.0. The lowest BCUT2D eigenvalue weighted by molar-refractivity contribution is 0.462. The van der Waals surface area contributed by atoms with E-state index >= 15 is 0 Å². The minimum atomic E-state index is -0.377. The molecule has 0 saturated carbocycles. The molecule has 2 aromatic heterocycles. The Bertz CT molecular complexity index is 702. The number of hydrogen-bond donors (Lipinski definition) is 0. The van der Waals surface area contributed by atoms with E-state index in [0.717, 1.165) is 5.69 Å². The smallest absolute Gasteiger partial charge is 0.277 e. The molecule has 0 radical (unpaired) electrons. The predicted octanol–water partition coefficient (Wildman–Crippen LogP) is 3.56. The Morgan fingerprint density at radius 2 is 1.90 bits per heavy atom. The SMILES string of the molecule is Fc1ccccc1-c1nnc(SCc2ccccn2)o1. The quantitative estimate of drug-likeness (QED) is 0.687. The van der Waals surface area contributed by atoms with E-state index in [1.165, 1.54) is 17.8 Å². The maximum atomic E-state index is 13.6. The molecular formula is C14H10FN3OS. The van der Waals surface area contributed by atoms with Crippen LogP contribution in [0.4, 0.5) is 4.39 Å². The maximum absolute atomic E-state index is 13.6. The van der Waals surface area contributed by atoms with E-state index in [9.17, 15) is 4.39 Å². The van der Waals surface area contributed by atoms with E-state index in [1.54, 1.807) is 24.4 Å². The average molecular weight is 287 g/mol. The van der Waals surface area contributed by atoms with Crippen molar-refractivity contribution in [2.75, 3.05) is 0 Å². The minimum absolute atomic E-state index is 0.187. The van der Waals surface area contributed by atoms with Gasteiger partial charge in [0.1, 0.15) is 5.82 Å². The summed E-state index contributed by atoms with van der Waals surface area (Å²) in [5.41, 5.74) is 1.23. The zero-order valence-electron chi connectivity index (χ0n) is 10.4. The third kappa shape index (κ3) is 2.85. The fourth-order valence-corrected chi connectivity index (χ4v) is 2.31. The van der Waals surface area contributed by atoms with Crippen molar-refractivity contribution in [2.24, 2.45) is 0 Å². The second kappa shape index (κ2) is 5.83. The summed E-state index contributed by atoms with van der Waals surface area (Å²) in [6, 6.07) is 12.0. The molecule has 0 amide bonds. The summed E-state index contributed by atoms with van der Waals surface area (Å²) >= 11 is 1.37. The third-order valence-corrected chi connectivity index (χ3v) is 3.43. The molecule has 0 saturated heterocycles. The maximum Gasteiger partial charge on any atom is 0.277 e. The Balaban J connectivity index is 1.73. The normalized spacial score (nSPS) is 10.7. The van der Waals surface area contributed by atoms with Gasteiger partial charge in [0, 0.05) is 11.9 Å².